The van der Waals surface area contributed by atoms with E-state index in [9.17, 15) is 4.79 Å². The average molecular weight is 346 g/mol. The van der Waals surface area contributed by atoms with Gasteiger partial charge in [0.25, 0.3) is 0 Å². The van der Waals surface area contributed by atoms with E-state index in [2.05, 4.69) is 16.7 Å². The Bertz CT molecular complexity index is 849. The lowest BCUT2D eigenvalue weighted by molar-refractivity contribution is 0.168. The molecule has 0 heterocycles. The van der Waals surface area contributed by atoms with Crippen LogP contribution >= 0.6 is 0 Å². The summed E-state index contributed by atoms with van der Waals surface area (Å²) in [6.45, 7) is 2.82. The van der Waals surface area contributed by atoms with E-state index in [0.717, 1.165) is 28.1 Å². The van der Waals surface area contributed by atoms with Crippen molar-refractivity contribution in [1.29, 1.82) is 0 Å². The van der Waals surface area contributed by atoms with Crippen LogP contribution in [0.15, 0.2) is 78.9 Å². The Kier molecular flexibility index (Phi) is 5.88. The number of hydrogen-bond acceptors (Lipinski definition) is 3. The van der Waals surface area contributed by atoms with Crippen molar-refractivity contribution in [2.75, 3.05) is 17.2 Å². The summed E-state index contributed by atoms with van der Waals surface area (Å²) in [6.07, 6.45) is -0.445. The lowest BCUT2D eigenvalue weighted by Crippen LogP contribution is -2.14. The third kappa shape index (κ3) is 4.63. The molecule has 4 heteroatoms. The molecule has 0 aromatic heterocycles. The predicted octanol–water partition coefficient (Wildman–Crippen LogP) is 5.53. The molecule has 26 heavy (non-hydrogen) atoms. The van der Waals surface area contributed by atoms with E-state index in [-0.39, 0.29) is 0 Å². The Balaban J connectivity index is 1.85. The minimum atomic E-state index is -0.445. The molecule has 0 unspecified atom stereocenters. The number of carbonyl (C=O) groups excluding carboxylic acids is 1. The van der Waals surface area contributed by atoms with Crippen molar-refractivity contribution in [2.45, 2.75) is 13.5 Å². The molecule has 0 atom stereocenters. The number of carbonyl (C=O) groups is 1. The number of amides is 1. The summed E-state index contributed by atoms with van der Waals surface area (Å²) in [4.78, 5) is 11.8. The van der Waals surface area contributed by atoms with Gasteiger partial charge in [0.1, 0.15) is 0 Å². The molecule has 0 spiro atoms. The third-order valence-electron chi connectivity index (χ3n) is 3.95. The van der Waals surface area contributed by atoms with E-state index in [0.29, 0.717) is 13.2 Å². The molecule has 132 valence electrons. The maximum absolute atomic E-state index is 11.8. The molecule has 0 aliphatic heterocycles. The van der Waals surface area contributed by atoms with E-state index >= 15 is 0 Å². The Morgan fingerprint density at radius 3 is 2.31 bits per heavy atom. The van der Waals surface area contributed by atoms with Crippen molar-refractivity contribution in [1.82, 2.24) is 0 Å². The molecule has 0 saturated carbocycles. The number of ether oxygens (including phenoxy) is 1. The van der Waals surface area contributed by atoms with Gasteiger partial charge in [-0.25, -0.2) is 4.79 Å². The van der Waals surface area contributed by atoms with E-state index < -0.39 is 6.09 Å². The van der Waals surface area contributed by atoms with E-state index in [1.165, 1.54) is 0 Å². The van der Waals surface area contributed by atoms with Gasteiger partial charge in [-0.2, -0.15) is 0 Å². The van der Waals surface area contributed by atoms with Crippen LogP contribution in [0.3, 0.4) is 0 Å². The van der Waals surface area contributed by atoms with Crippen LogP contribution in [0, 0.1) is 0 Å². The van der Waals surface area contributed by atoms with Crippen molar-refractivity contribution in [3.63, 3.8) is 0 Å². The summed E-state index contributed by atoms with van der Waals surface area (Å²) in [7, 11) is 0. The van der Waals surface area contributed by atoms with Gasteiger partial charge in [-0.05, 0) is 42.3 Å². The zero-order chi connectivity index (χ0) is 18.2. The number of rotatable bonds is 6. The highest BCUT2D eigenvalue weighted by Crippen LogP contribution is 2.29. The minimum Gasteiger partial charge on any atom is -0.450 e. The molecule has 3 aromatic carbocycles. The standard InChI is InChI=1S/C22H22N2O2/c1-2-26-22(25)24-21-14-13-17(16-23-19-11-7-4-8-12-19)15-20(21)18-9-5-3-6-10-18/h3-15,23H,2,16H2,1H3,(H,24,25). The lowest BCUT2D eigenvalue weighted by Gasteiger charge is -2.14. The molecule has 0 bridgehead atoms. The molecule has 0 aliphatic rings. The molecule has 0 radical (unpaired) electrons. The summed E-state index contributed by atoms with van der Waals surface area (Å²) in [6, 6.07) is 26.1. The van der Waals surface area contributed by atoms with E-state index in [1.54, 1.807) is 6.92 Å². The smallest absolute Gasteiger partial charge is 0.411 e. The van der Waals surface area contributed by atoms with Gasteiger partial charge in [-0.15, -0.1) is 0 Å². The normalized spacial score (nSPS) is 10.2. The van der Waals surface area contributed by atoms with Crippen molar-refractivity contribution < 1.29 is 9.53 Å². The zero-order valence-corrected chi connectivity index (χ0v) is 14.7. The van der Waals surface area contributed by atoms with E-state index in [4.69, 9.17) is 4.74 Å². The van der Waals surface area contributed by atoms with Crippen LogP contribution in [-0.2, 0) is 11.3 Å². The van der Waals surface area contributed by atoms with Crippen LogP contribution in [0.1, 0.15) is 12.5 Å². The highest BCUT2D eigenvalue weighted by molar-refractivity contribution is 5.91. The van der Waals surface area contributed by atoms with Gasteiger partial charge in [0, 0.05) is 17.8 Å². The number of para-hydroxylation sites is 1. The van der Waals surface area contributed by atoms with Crippen LogP contribution in [0.5, 0.6) is 0 Å². The second-order valence-corrected chi connectivity index (χ2v) is 5.81. The highest BCUT2D eigenvalue weighted by atomic mass is 16.5. The van der Waals surface area contributed by atoms with Gasteiger partial charge in [0.05, 0.1) is 12.3 Å². The Hall–Kier alpha value is -3.27. The Morgan fingerprint density at radius 1 is 0.923 bits per heavy atom. The zero-order valence-electron chi connectivity index (χ0n) is 14.7. The monoisotopic (exact) mass is 346 g/mol. The molecule has 1 amide bonds. The fraction of sp³-hybridized carbons (Fsp3) is 0.136. The Labute approximate surface area is 153 Å². The number of hydrogen-bond donors (Lipinski definition) is 2. The van der Waals surface area contributed by atoms with E-state index in [1.807, 2.05) is 72.8 Å². The molecular weight excluding hydrogens is 324 g/mol. The third-order valence-corrected chi connectivity index (χ3v) is 3.95. The fourth-order valence-electron chi connectivity index (χ4n) is 2.70. The van der Waals surface area contributed by atoms with Crippen LogP contribution in [-0.4, -0.2) is 12.7 Å². The van der Waals surface area contributed by atoms with Crippen molar-refractivity contribution >= 4 is 17.5 Å². The lowest BCUT2D eigenvalue weighted by atomic mass is 10.0. The second-order valence-electron chi connectivity index (χ2n) is 5.81. The largest absolute Gasteiger partial charge is 0.450 e. The first-order valence-electron chi connectivity index (χ1n) is 8.67. The first kappa shape index (κ1) is 17.5. The van der Waals surface area contributed by atoms with Gasteiger partial charge in [0.2, 0.25) is 0 Å². The molecule has 3 rings (SSSR count). The van der Waals surface area contributed by atoms with Crippen LogP contribution in [0.25, 0.3) is 11.1 Å². The van der Waals surface area contributed by atoms with Gasteiger partial charge < -0.3 is 10.1 Å². The first-order valence-corrected chi connectivity index (χ1v) is 8.67. The summed E-state index contributed by atoms with van der Waals surface area (Å²) >= 11 is 0. The van der Waals surface area contributed by atoms with Gasteiger partial charge in [0.15, 0.2) is 0 Å². The summed E-state index contributed by atoms with van der Waals surface area (Å²) in [5, 5.41) is 6.24. The van der Waals surface area contributed by atoms with Crippen molar-refractivity contribution in [2.24, 2.45) is 0 Å². The molecule has 4 nitrogen and oxygen atoms in total. The molecule has 2 N–H and O–H groups in total. The average Bonchev–Trinajstić information content (AvgIpc) is 2.69. The maximum Gasteiger partial charge on any atom is 0.411 e. The molecule has 0 fully saturated rings. The molecule has 3 aromatic rings. The first-order chi connectivity index (χ1) is 12.8. The van der Waals surface area contributed by atoms with Gasteiger partial charge in [-0.3, -0.25) is 5.32 Å². The second kappa shape index (κ2) is 8.72. The van der Waals surface area contributed by atoms with Gasteiger partial charge in [-0.1, -0.05) is 54.6 Å². The Morgan fingerprint density at radius 2 is 1.62 bits per heavy atom. The van der Waals surface area contributed by atoms with Crippen LogP contribution in [0.2, 0.25) is 0 Å². The number of nitrogens with one attached hydrogen (secondary N) is 2. The van der Waals surface area contributed by atoms with Gasteiger partial charge >= 0.3 is 6.09 Å². The van der Waals surface area contributed by atoms with Crippen molar-refractivity contribution in [3.05, 3.63) is 84.4 Å². The molecule has 0 saturated heterocycles. The maximum atomic E-state index is 11.8. The molecule has 0 aliphatic carbocycles. The number of anilines is 2. The predicted molar refractivity (Wildman–Crippen MR) is 106 cm³/mol. The summed E-state index contributed by atoms with van der Waals surface area (Å²) in [5.74, 6) is 0. The summed E-state index contributed by atoms with van der Waals surface area (Å²) < 4.78 is 5.01. The SMILES string of the molecule is CCOC(=O)Nc1ccc(CNc2ccccc2)cc1-c1ccccc1. The van der Waals surface area contributed by atoms with Crippen molar-refractivity contribution in [3.8, 4) is 11.1 Å². The topological polar surface area (TPSA) is 50.4 Å². The number of benzene rings is 3. The quantitative estimate of drug-likeness (QED) is 0.616. The summed E-state index contributed by atoms with van der Waals surface area (Å²) in [5.41, 5.74) is 4.94. The fourth-order valence-corrected chi connectivity index (χ4v) is 2.70. The minimum absolute atomic E-state index is 0.339. The van der Waals surface area contributed by atoms with Crippen LogP contribution < -0.4 is 10.6 Å². The molecular formula is C22H22N2O2. The van der Waals surface area contributed by atoms with Crippen LogP contribution in [0.4, 0.5) is 16.2 Å². The highest BCUT2D eigenvalue weighted by Gasteiger charge is 2.10.